The Kier molecular flexibility index (Phi) is 2.28. The lowest BCUT2D eigenvalue weighted by Gasteiger charge is -2.10. The first-order chi connectivity index (χ1) is 7.84. The zero-order valence-corrected chi connectivity index (χ0v) is 9.48. The van der Waals surface area contributed by atoms with Gasteiger partial charge in [-0.05, 0) is 29.9 Å². The molecule has 0 aliphatic heterocycles. The number of nitrogens with one attached hydrogen (secondary N) is 1. The van der Waals surface area contributed by atoms with Crippen molar-refractivity contribution >= 4 is 0 Å². The van der Waals surface area contributed by atoms with Gasteiger partial charge in [-0.25, -0.2) is 4.98 Å². The molecule has 1 aromatic carbocycles. The summed E-state index contributed by atoms with van der Waals surface area (Å²) in [5, 5.41) is 0. The number of nitrogens with zero attached hydrogens (tertiary/aromatic N) is 1. The number of rotatable bonds is 3. The minimum Gasteiger partial charge on any atom is -0.348 e. The van der Waals surface area contributed by atoms with Gasteiger partial charge in [-0.15, -0.1) is 0 Å². The molecule has 1 N–H and O–H groups in total. The van der Waals surface area contributed by atoms with Gasteiger partial charge in [0, 0.05) is 18.3 Å². The van der Waals surface area contributed by atoms with Crippen molar-refractivity contribution in [2.75, 3.05) is 0 Å². The van der Waals surface area contributed by atoms with Crippen molar-refractivity contribution in [2.24, 2.45) is 0 Å². The highest BCUT2D eigenvalue weighted by Crippen LogP contribution is 2.40. The molecule has 0 saturated heterocycles. The summed E-state index contributed by atoms with van der Waals surface area (Å²) in [5.41, 5.74) is 2.86. The Bertz CT molecular complexity index is 469. The fraction of sp³-hybridized carbons (Fsp3) is 0.357. The fourth-order valence-electron chi connectivity index (χ4n) is 2.17. The smallest absolute Gasteiger partial charge is 0.113 e. The van der Waals surface area contributed by atoms with Crippen molar-refractivity contribution in [3.63, 3.8) is 0 Å². The molecule has 16 heavy (non-hydrogen) atoms. The second-order valence-corrected chi connectivity index (χ2v) is 4.64. The van der Waals surface area contributed by atoms with E-state index in [0.29, 0.717) is 5.92 Å². The van der Waals surface area contributed by atoms with Crippen LogP contribution in [0.15, 0.2) is 36.7 Å². The molecule has 0 unspecified atom stereocenters. The quantitative estimate of drug-likeness (QED) is 0.829. The zero-order valence-electron chi connectivity index (χ0n) is 9.48. The molecular formula is C14H16N2. The van der Waals surface area contributed by atoms with E-state index in [-0.39, 0.29) is 0 Å². The van der Waals surface area contributed by atoms with Crippen LogP contribution < -0.4 is 0 Å². The van der Waals surface area contributed by atoms with E-state index >= 15 is 0 Å². The van der Waals surface area contributed by atoms with Crippen molar-refractivity contribution in [1.29, 1.82) is 0 Å². The lowest BCUT2D eigenvalue weighted by molar-refractivity contribution is 0.837. The molecule has 1 aliphatic carbocycles. The number of imidazole rings is 1. The summed E-state index contributed by atoms with van der Waals surface area (Å²) in [5.74, 6) is 2.23. The van der Waals surface area contributed by atoms with Crippen LogP contribution in [0.2, 0.25) is 0 Å². The predicted octanol–water partition coefficient (Wildman–Crippen LogP) is 3.44. The topological polar surface area (TPSA) is 28.7 Å². The summed E-state index contributed by atoms with van der Waals surface area (Å²) >= 11 is 0. The molecule has 82 valence electrons. The Labute approximate surface area is 95.7 Å². The standard InChI is InChI=1S/C14H16N2/c1-10(14-15-7-8-16-14)12-3-2-4-13(9-12)11-5-6-11/h2-4,7-11H,5-6H2,1H3,(H,15,16)/t10-/m1/s1. The monoisotopic (exact) mass is 212 g/mol. The van der Waals surface area contributed by atoms with Gasteiger partial charge in [0.05, 0.1) is 0 Å². The molecule has 2 nitrogen and oxygen atoms in total. The van der Waals surface area contributed by atoms with Crippen molar-refractivity contribution in [1.82, 2.24) is 9.97 Å². The van der Waals surface area contributed by atoms with E-state index in [2.05, 4.69) is 41.2 Å². The van der Waals surface area contributed by atoms with Crippen LogP contribution in [0, 0.1) is 0 Å². The second-order valence-electron chi connectivity index (χ2n) is 4.64. The van der Waals surface area contributed by atoms with Gasteiger partial charge in [-0.1, -0.05) is 31.2 Å². The van der Waals surface area contributed by atoms with Crippen LogP contribution in [-0.2, 0) is 0 Å². The number of aromatic nitrogens is 2. The van der Waals surface area contributed by atoms with Crippen LogP contribution in [0.4, 0.5) is 0 Å². The van der Waals surface area contributed by atoms with Crippen molar-refractivity contribution in [3.05, 3.63) is 53.6 Å². The van der Waals surface area contributed by atoms with Gasteiger partial charge in [-0.2, -0.15) is 0 Å². The molecule has 2 aromatic rings. The van der Waals surface area contributed by atoms with Crippen LogP contribution >= 0.6 is 0 Å². The zero-order chi connectivity index (χ0) is 11.0. The molecule has 0 bridgehead atoms. The highest BCUT2D eigenvalue weighted by atomic mass is 14.9. The van der Waals surface area contributed by atoms with Gasteiger partial charge < -0.3 is 4.98 Å². The summed E-state index contributed by atoms with van der Waals surface area (Å²) in [7, 11) is 0. The number of hydrogen-bond donors (Lipinski definition) is 1. The Hall–Kier alpha value is -1.57. The summed E-state index contributed by atoms with van der Waals surface area (Å²) in [6.07, 6.45) is 6.42. The minimum absolute atomic E-state index is 0.355. The largest absolute Gasteiger partial charge is 0.348 e. The number of aromatic amines is 1. The third-order valence-corrected chi connectivity index (χ3v) is 3.39. The maximum atomic E-state index is 4.33. The molecule has 2 heteroatoms. The molecule has 1 atom stereocenters. The van der Waals surface area contributed by atoms with Crippen LogP contribution in [0.1, 0.15) is 48.6 Å². The molecule has 1 aliphatic rings. The van der Waals surface area contributed by atoms with E-state index in [0.717, 1.165) is 11.7 Å². The number of H-pyrrole nitrogens is 1. The van der Waals surface area contributed by atoms with E-state index < -0.39 is 0 Å². The van der Waals surface area contributed by atoms with Crippen molar-refractivity contribution < 1.29 is 0 Å². The average Bonchev–Trinajstić information content (AvgIpc) is 3.04. The Morgan fingerprint density at radius 2 is 2.25 bits per heavy atom. The average molecular weight is 212 g/mol. The van der Waals surface area contributed by atoms with E-state index in [1.54, 1.807) is 0 Å². The molecule has 0 amide bonds. The summed E-state index contributed by atoms with van der Waals surface area (Å²) in [6.45, 7) is 2.20. The van der Waals surface area contributed by atoms with E-state index in [9.17, 15) is 0 Å². The Morgan fingerprint density at radius 3 is 2.94 bits per heavy atom. The maximum absolute atomic E-state index is 4.33. The Morgan fingerprint density at radius 1 is 1.38 bits per heavy atom. The first-order valence-corrected chi connectivity index (χ1v) is 5.94. The van der Waals surface area contributed by atoms with Gasteiger partial charge in [0.1, 0.15) is 5.82 Å². The van der Waals surface area contributed by atoms with Gasteiger partial charge in [0.15, 0.2) is 0 Å². The summed E-state index contributed by atoms with van der Waals surface area (Å²) in [6, 6.07) is 8.95. The number of hydrogen-bond acceptors (Lipinski definition) is 1. The van der Waals surface area contributed by atoms with Crippen LogP contribution in [0.3, 0.4) is 0 Å². The van der Waals surface area contributed by atoms with Gasteiger partial charge in [-0.3, -0.25) is 0 Å². The van der Waals surface area contributed by atoms with E-state index in [4.69, 9.17) is 0 Å². The van der Waals surface area contributed by atoms with Crippen molar-refractivity contribution in [2.45, 2.75) is 31.6 Å². The first-order valence-electron chi connectivity index (χ1n) is 5.94. The maximum Gasteiger partial charge on any atom is 0.113 e. The number of benzene rings is 1. The highest BCUT2D eigenvalue weighted by molar-refractivity contribution is 5.33. The highest BCUT2D eigenvalue weighted by Gasteiger charge is 2.24. The van der Waals surface area contributed by atoms with Gasteiger partial charge >= 0.3 is 0 Å². The third kappa shape index (κ3) is 1.75. The lowest BCUT2D eigenvalue weighted by Crippen LogP contribution is -1.99. The Balaban J connectivity index is 1.90. The van der Waals surface area contributed by atoms with E-state index in [1.807, 2.05) is 12.4 Å². The molecule has 1 saturated carbocycles. The van der Waals surface area contributed by atoms with Crippen molar-refractivity contribution in [3.8, 4) is 0 Å². The molecular weight excluding hydrogens is 196 g/mol. The van der Waals surface area contributed by atoms with Gasteiger partial charge in [0.25, 0.3) is 0 Å². The lowest BCUT2D eigenvalue weighted by atomic mass is 9.97. The van der Waals surface area contributed by atoms with Gasteiger partial charge in [0.2, 0.25) is 0 Å². The van der Waals surface area contributed by atoms with Crippen LogP contribution in [0.5, 0.6) is 0 Å². The third-order valence-electron chi connectivity index (χ3n) is 3.39. The molecule has 1 fully saturated rings. The molecule has 1 heterocycles. The summed E-state index contributed by atoms with van der Waals surface area (Å²) < 4.78 is 0. The molecule has 0 spiro atoms. The van der Waals surface area contributed by atoms with Crippen LogP contribution in [-0.4, -0.2) is 9.97 Å². The fourth-order valence-corrected chi connectivity index (χ4v) is 2.17. The minimum atomic E-state index is 0.355. The van der Waals surface area contributed by atoms with E-state index in [1.165, 1.54) is 24.0 Å². The molecule has 1 aromatic heterocycles. The van der Waals surface area contributed by atoms with Crippen LogP contribution in [0.25, 0.3) is 0 Å². The molecule has 3 rings (SSSR count). The predicted molar refractivity (Wildman–Crippen MR) is 64.5 cm³/mol. The second kappa shape index (κ2) is 3.78. The normalized spacial score (nSPS) is 17.3. The first kappa shape index (κ1) is 9.64. The molecule has 0 radical (unpaired) electrons. The SMILES string of the molecule is C[C@H](c1cccc(C2CC2)c1)c1ncc[nH]1. The summed E-state index contributed by atoms with van der Waals surface area (Å²) in [4.78, 5) is 7.52.